The number of fused-ring (bicyclic) bond motifs is 5. The van der Waals surface area contributed by atoms with Gasteiger partial charge in [0.05, 0.1) is 37.4 Å². The molecule has 1 N–H and O–H groups in total. The van der Waals surface area contributed by atoms with Gasteiger partial charge in [-0.15, -0.1) is 0 Å². The number of hydrogen-bond donors (Lipinski definition) is 1. The first-order valence-corrected chi connectivity index (χ1v) is 11.1. The monoisotopic (exact) mass is 472 g/mol. The standard InChI is InChI=1S/C25H20N4O6/c1-33-16-9-7-14-19-21(12-5-3-4-6-13(12)22(19)31)29(25(32)20(14)23(16)34-2)11-17-27-24(35-28-17)15-8-10-18(30)26-15/h3-7,9,15H,8,10-11H2,1-2H3,(H,26,30)/t15-/m1/s1. The third kappa shape index (κ3) is 3.06. The fraction of sp³-hybridized carbons (Fsp3) is 0.240. The average molecular weight is 472 g/mol. The average Bonchev–Trinajstić information content (AvgIpc) is 3.59. The van der Waals surface area contributed by atoms with Crippen LogP contribution in [0.5, 0.6) is 11.5 Å². The SMILES string of the molecule is COc1ccc2c3c(n(Cc4noc([C@H]5CCC(=O)N5)n4)c(=O)c2c1OC)-c1ccccc1C3=O. The molecule has 1 fully saturated rings. The Labute approximate surface area is 198 Å². The number of methoxy groups -OCH3 is 2. The maximum absolute atomic E-state index is 13.9. The normalized spacial score (nSPS) is 16.3. The first-order chi connectivity index (χ1) is 17.0. The summed E-state index contributed by atoms with van der Waals surface area (Å²) in [7, 11) is 2.94. The molecule has 35 heavy (non-hydrogen) atoms. The minimum atomic E-state index is -0.375. The van der Waals surface area contributed by atoms with Crippen molar-refractivity contribution in [2.24, 2.45) is 0 Å². The molecule has 2 aliphatic rings. The summed E-state index contributed by atoms with van der Waals surface area (Å²) >= 11 is 0. The van der Waals surface area contributed by atoms with Crippen LogP contribution in [0.25, 0.3) is 22.0 Å². The fourth-order valence-electron chi connectivity index (χ4n) is 4.94. The Morgan fingerprint density at radius 3 is 2.60 bits per heavy atom. The van der Waals surface area contributed by atoms with Crippen LogP contribution in [-0.4, -0.2) is 40.6 Å². The molecule has 1 aliphatic carbocycles. The largest absolute Gasteiger partial charge is 0.493 e. The highest BCUT2D eigenvalue weighted by Gasteiger charge is 2.34. The molecule has 2 aromatic carbocycles. The van der Waals surface area contributed by atoms with E-state index in [9.17, 15) is 14.4 Å². The molecule has 10 heteroatoms. The Kier molecular flexibility index (Phi) is 4.70. The lowest BCUT2D eigenvalue weighted by molar-refractivity contribution is -0.119. The van der Waals surface area contributed by atoms with Crippen LogP contribution in [-0.2, 0) is 11.3 Å². The summed E-state index contributed by atoms with van der Waals surface area (Å²) in [5, 5.41) is 7.56. The molecule has 176 valence electrons. The van der Waals surface area contributed by atoms with Crippen LogP contribution in [0, 0.1) is 0 Å². The maximum atomic E-state index is 13.9. The number of hydrogen-bond acceptors (Lipinski definition) is 8. The van der Waals surface area contributed by atoms with Gasteiger partial charge in [-0.05, 0) is 18.6 Å². The molecule has 10 nitrogen and oxygen atoms in total. The van der Waals surface area contributed by atoms with Crippen molar-refractivity contribution in [1.29, 1.82) is 0 Å². The number of ketones is 1. The summed E-state index contributed by atoms with van der Waals surface area (Å²) in [4.78, 5) is 43.4. The topological polar surface area (TPSA) is 126 Å². The molecule has 1 aliphatic heterocycles. The molecule has 6 rings (SSSR count). The lowest BCUT2D eigenvalue weighted by Crippen LogP contribution is -2.25. The van der Waals surface area contributed by atoms with Gasteiger partial charge in [0.2, 0.25) is 11.8 Å². The van der Waals surface area contributed by atoms with E-state index in [4.69, 9.17) is 14.0 Å². The Bertz CT molecular complexity index is 1600. The summed E-state index contributed by atoms with van der Waals surface area (Å²) in [6.07, 6.45) is 0.950. The number of pyridine rings is 1. The highest BCUT2D eigenvalue weighted by atomic mass is 16.5. The summed E-state index contributed by atoms with van der Waals surface area (Å²) in [6.45, 7) is -0.0384. The second kappa shape index (κ2) is 7.79. The third-order valence-corrected chi connectivity index (χ3v) is 6.51. The predicted molar refractivity (Wildman–Crippen MR) is 124 cm³/mol. The lowest BCUT2D eigenvalue weighted by atomic mass is 10.0. The van der Waals surface area contributed by atoms with Crippen molar-refractivity contribution in [3.8, 4) is 22.8 Å². The summed E-state index contributed by atoms with van der Waals surface area (Å²) in [5.41, 5.74) is 1.71. The summed E-state index contributed by atoms with van der Waals surface area (Å²) < 4.78 is 17.8. The molecule has 0 radical (unpaired) electrons. The number of rotatable bonds is 5. The molecule has 4 aromatic rings. The van der Waals surface area contributed by atoms with E-state index >= 15 is 0 Å². The quantitative estimate of drug-likeness (QED) is 0.414. The Balaban J connectivity index is 1.59. The van der Waals surface area contributed by atoms with E-state index in [2.05, 4.69) is 15.5 Å². The van der Waals surface area contributed by atoms with Crippen LogP contribution >= 0.6 is 0 Å². The van der Waals surface area contributed by atoms with Gasteiger partial charge < -0.3 is 19.3 Å². The first kappa shape index (κ1) is 21.1. The van der Waals surface area contributed by atoms with Crippen LogP contribution in [0.15, 0.2) is 45.7 Å². The van der Waals surface area contributed by atoms with E-state index in [-0.39, 0.29) is 52.7 Å². The van der Waals surface area contributed by atoms with Gasteiger partial charge in [0.1, 0.15) is 6.04 Å². The number of ether oxygens (including phenoxy) is 2. The molecule has 0 saturated carbocycles. The molecular formula is C25H20N4O6. The van der Waals surface area contributed by atoms with Gasteiger partial charge in [0, 0.05) is 22.9 Å². The molecule has 1 atom stereocenters. The number of aromatic nitrogens is 3. The Hall–Kier alpha value is -4.47. The van der Waals surface area contributed by atoms with Gasteiger partial charge in [-0.2, -0.15) is 4.98 Å². The zero-order chi connectivity index (χ0) is 24.3. The van der Waals surface area contributed by atoms with Gasteiger partial charge in [-0.1, -0.05) is 29.4 Å². The zero-order valence-corrected chi connectivity index (χ0v) is 19.0. The van der Waals surface area contributed by atoms with Gasteiger partial charge in [0.25, 0.3) is 5.56 Å². The van der Waals surface area contributed by atoms with Crippen LogP contribution in [0.1, 0.15) is 46.5 Å². The molecule has 2 aromatic heterocycles. The van der Waals surface area contributed by atoms with Crippen LogP contribution < -0.4 is 20.3 Å². The van der Waals surface area contributed by atoms with Gasteiger partial charge >= 0.3 is 0 Å². The van der Waals surface area contributed by atoms with Gasteiger partial charge in [0.15, 0.2) is 23.1 Å². The summed E-state index contributed by atoms with van der Waals surface area (Å²) in [6, 6.07) is 10.2. The number of nitrogens with zero attached hydrogens (tertiary/aromatic N) is 3. The van der Waals surface area contributed by atoms with E-state index in [1.165, 1.54) is 18.8 Å². The number of amides is 1. The van der Waals surface area contributed by atoms with E-state index in [0.717, 1.165) is 0 Å². The van der Waals surface area contributed by atoms with E-state index in [0.29, 0.717) is 46.4 Å². The number of nitrogens with one attached hydrogen (secondary N) is 1. The van der Waals surface area contributed by atoms with Crippen molar-refractivity contribution < 1.29 is 23.6 Å². The van der Waals surface area contributed by atoms with Gasteiger partial charge in [-0.25, -0.2) is 0 Å². The van der Waals surface area contributed by atoms with Crippen LogP contribution in [0.2, 0.25) is 0 Å². The third-order valence-electron chi connectivity index (χ3n) is 6.51. The van der Waals surface area contributed by atoms with Crippen molar-refractivity contribution in [2.75, 3.05) is 14.2 Å². The van der Waals surface area contributed by atoms with Crippen molar-refractivity contribution in [3.05, 3.63) is 69.6 Å². The van der Waals surface area contributed by atoms with Crippen molar-refractivity contribution in [1.82, 2.24) is 20.0 Å². The highest BCUT2D eigenvalue weighted by Crippen LogP contribution is 2.43. The second-order valence-electron chi connectivity index (χ2n) is 8.42. The predicted octanol–water partition coefficient (Wildman–Crippen LogP) is 2.61. The molecular weight excluding hydrogens is 452 g/mol. The minimum Gasteiger partial charge on any atom is -0.493 e. The molecule has 0 unspecified atom stereocenters. The Morgan fingerprint density at radius 2 is 1.89 bits per heavy atom. The van der Waals surface area contributed by atoms with Crippen molar-refractivity contribution >= 4 is 22.5 Å². The number of carbonyl (C=O) groups excluding carboxylic acids is 2. The van der Waals surface area contributed by atoms with Crippen LogP contribution in [0.4, 0.5) is 0 Å². The molecule has 0 spiro atoms. The first-order valence-electron chi connectivity index (χ1n) is 11.1. The zero-order valence-electron chi connectivity index (χ0n) is 19.0. The fourth-order valence-corrected chi connectivity index (χ4v) is 4.94. The minimum absolute atomic E-state index is 0.0384. The molecule has 1 saturated heterocycles. The van der Waals surface area contributed by atoms with Crippen molar-refractivity contribution in [2.45, 2.75) is 25.4 Å². The second-order valence-corrected chi connectivity index (χ2v) is 8.42. The number of benzene rings is 2. The molecule has 0 bridgehead atoms. The van der Waals surface area contributed by atoms with Crippen molar-refractivity contribution in [3.63, 3.8) is 0 Å². The van der Waals surface area contributed by atoms with E-state index in [1.54, 1.807) is 24.3 Å². The smallest absolute Gasteiger partial charge is 0.263 e. The van der Waals surface area contributed by atoms with Gasteiger partial charge in [-0.3, -0.25) is 19.0 Å². The summed E-state index contributed by atoms with van der Waals surface area (Å²) in [5.74, 6) is 0.914. The maximum Gasteiger partial charge on any atom is 0.263 e. The van der Waals surface area contributed by atoms with Crippen LogP contribution in [0.3, 0.4) is 0 Å². The Morgan fingerprint density at radius 1 is 1.09 bits per heavy atom. The number of carbonyl (C=O) groups is 2. The highest BCUT2D eigenvalue weighted by molar-refractivity contribution is 6.27. The van der Waals surface area contributed by atoms with E-state index in [1.807, 2.05) is 12.1 Å². The van der Waals surface area contributed by atoms with E-state index < -0.39 is 0 Å². The molecule has 1 amide bonds. The lowest BCUT2D eigenvalue weighted by Gasteiger charge is -2.16. The molecule has 3 heterocycles.